The van der Waals surface area contributed by atoms with Gasteiger partial charge in [-0.05, 0) is 88.4 Å². The minimum Gasteiger partial charge on any atom is -0.344 e. The van der Waals surface area contributed by atoms with E-state index >= 15 is 0 Å². The average Bonchev–Trinajstić information content (AvgIpc) is 3.24. The number of thioether (sulfide) groups is 1. The Morgan fingerprint density at radius 3 is 2.36 bits per heavy atom. The van der Waals surface area contributed by atoms with Crippen molar-refractivity contribution < 1.29 is 17.6 Å². The molecule has 5 rings (SSSR count). The lowest BCUT2D eigenvalue weighted by Crippen LogP contribution is -2.37. The van der Waals surface area contributed by atoms with Gasteiger partial charge < -0.3 is 4.90 Å². The van der Waals surface area contributed by atoms with Gasteiger partial charge in [0.15, 0.2) is 0 Å². The predicted molar refractivity (Wildman–Crippen MR) is 171 cm³/mol. The molecule has 4 aromatic carbocycles. The molecule has 0 saturated carbocycles. The number of sulfonamides is 1. The second-order valence-electron chi connectivity index (χ2n) is 10.4. The Morgan fingerprint density at radius 2 is 1.62 bits per heavy atom. The fourth-order valence-corrected chi connectivity index (χ4v) is 7.04. The predicted octanol–water partition coefficient (Wildman–Crippen LogP) is 7.20. The summed E-state index contributed by atoms with van der Waals surface area (Å²) < 4.78 is 42.5. The van der Waals surface area contributed by atoms with E-state index in [0.29, 0.717) is 5.39 Å². The molecule has 0 N–H and O–H groups in total. The summed E-state index contributed by atoms with van der Waals surface area (Å²) in [5.41, 5.74) is 5.32. The topological polar surface area (TPSA) is 57.7 Å². The highest BCUT2D eigenvalue weighted by Gasteiger charge is 2.28. The van der Waals surface area contributed by atoms with Crippen molar-refractivity contribution in [3.05, 3.63) is 113 Å². The Balaban J connectivity index is 1.33. The number of halogens is 1. The Kier molecular flexibility index (Phi) is 8.68. The summed E-state index contributed by atoms with van der Waals surface area (Å²) in [5, 5.41) is 1.51. The first-order valence-electron chi connectivity index (χ1n) is 13.6. The van der Waals surface area contributed by atoms with Crippen molar-refractivity contribution in [2.45, 2.75) is 23.1 Å². The molecule has 8 heteroatoms. The quantitative estimate of drug-likeness (QED) is 0.191. The van der Waals surface area contributed by atoms with Gasteiger partial charge in [-0.2, -0.15) is 4.31 Å². The largest absolute Gasteiger partial charge is 0.344 e. The van der Waals surface area contributed by atoms with Crippen molar-refractivity contribution >= 4 is 55.7 Å². The van der Waals surface area contributed by atoms with Gasteiger partial charge in [0.05, 0.1) is 11.3 Å². The molecule has 216 valence electrons. The van der Waals surface area contributed by atoms with Gasteiger partial charge in [-0.1, -0.05) is 54.6 Å². The average molecular weight is 601 g/mol. The van der Waals surface area contributed by atoms with Crippen LogP contribution in [0, 0.1) is 5.82 Å². The van der Waals surface area contributed by atoms with E-state index < -0.39 is 10.0 Å². The summed E-state index contributed by atoms with van der Waals surface area (Å²) in [6.07, 6.45) is 4.19. The lowest BCUT2D eigenvalue weighted by molar-refractivity contribution is -0.128. The number of fused-ring (bicyclic) bond motifs is 2. The van der Waals surface area contributed by atoms with Crippen LogP contribution in [0.3, 0.4) is 0 Å². The minimum atomic E-state index is -3.77. The number of hydrogen-bond donors (Lipinski definition) is 0. The van der Waals surface area contributed by atoms with Crippen LogP contribution in [0.25, 0.3) is 28.0 Å². The first-order chi connectivity index (χ1) is 20.1. The van der Waals surface area contributed by atoms with Crippen molar-refractivity contribution in [3.63, 3.8) is 0 Å². The van der Waals surface area contributed by atoms with Crippen molar-refractivity contribution in [1.82, 2.24) is 9.21 Å². The van der Waals surface area contributed by atoms with E-state index in [0.717, 1.165) is 38.8 Å². The van der Waals surface area contributed by atoms with Gasteiger partial charge in [0.1, 0.15) is 5.82 Å². The highest BCUT2D eigenvalue weighted by atomic mass is 32.2. The molecule has 0 aromatic heterocycles. The SMILES string of the molecule is CSc1ccc(/C=C2/C(C)=C(CC(=O)N(C)CCN(C)S(=O)(=O)c3cccc4ccccc34)c3cc(F)ccc32)cc1. The standard InChI is InChI=1S/C34H33FN2O3S2/c1-23-30(20-24-12-15-27(41-4)16-13-24)29-17-14-26(35)21-32(29)31(23)22-34(38)36(2)18-19-37(3)42(39,40)33-11-7-9-25-8-5-6-10-28(25)33/h5-17,20-21H,18-19,22H2,1-4H3/b30-20-. The molecule has 0 aliphatic heterocycles. The molecule has 1 aliphatic rings. The third kappa shape index (κ3) is 5.93. The van der Waals surface area contributed by atoms with Gasteiger partial charge in [0.25, 0.3) is 0 Å². The van der Waals surface area contributed by atoms with Crippen LogP contribution in [0.15, 0.2) is 100 Å². The monoisotopic (exact) mass is 600 g/mol. The molecule has 4 aromatic rings. The maximum absolute atomic E-state index is 14.4. The van der Waals surface area contributed by atoms with Gasteiger partial charge in [-0.3, -0.25) is 4.79 Å². The van der Waals surface area contributed by atoms with Gasteiger partial charge >= 0.3 is 0 Å². The molecular formula is C34H33FN2O3S2. The van der Waals surface area contributed by atoms with Crippen LogP contribution in [0.1, 0.15) is 30.0 Å². The van der Waals surface area contributed by atoms with Crippen molar-refractivity contribution in [2.24, 2.45) is 0 Å². The summed E-state index contributed by atoms with van der Waals surface area (Å²) >= 11 is 1.68. The maximum atomic E-state index is 14.4. The Bertz CT molecular complexity index is 1820. The van der Waals surface area contributed by atoms with Crippen LogP contribution in [0.5, 0.6) is 0 Å². The van der Waals surface area contributed by atoms with E-state index in [-0.39, 0.29) is 36.1 Å². The number of carbonyl (C=O) groups is 1. The summed E-state index contributed by atoms with van der Waals surface area (Å²) in [6, 6.07) is 25.5. The van der Waals surface area contributed by atoms with Crippen molar-refractivity contribution in [2.75, 3.05) is 33.4 Å². The zero-order valence-corrected chi connectivity index (χ0v) is 25.7. The first kappa shape index (κ1) is 29.8. The van der Waals surface area contributed by atoms with E-state index in [2.05, 4.69) is 30.3 Å². The Labute approximate surface area is 251 Å². The zero-order valence-electron chi connectivity index (χ0n) is 24.1. The number of rotatable bonds is 9. The molecule has 0 fully saturated rings. The van der Waals surface area contributed by atoms with Crippen LogP contribution < -0.4 is 0 Å². The van der Waals surface area contributed by atoms with E-state index in [1.807, 2.05) is 37.4 Å². The molecule has 0 saturated heterocycles. The molecule has 0 radical (unpaired) electrons. The van der Waals surface area contributed by atoms with E-state index in [4.69, 9.17) is 0 Å². The van der Waals surface area contributed by atoms with Crippen LogP contribution in [-0.2, 0) is 14.8 Å². The Morgan fingerprint density at radius 1 is 0.905 bits per heavy atom. The number of carbonyl (C=O) groups excluding carboxylic acids is 1. The smallest absolute Gasteiger partial charge is 0.243 e. The number of benzene rings is 4. The molecule has 1 amide bonds. The number of amides is 1. The van der Waals surface area contributed by atoms with Crippen LogP contribution >= 0.6 is 11.8 Å². The Hall–Kier alpha value is -3.72. The van der Waals surface area contributed by atoms with E-state index in [1.165, 1.54) is 33.3 Å². The van der Waals surface area contributed by atoms with Crippen molar-refractivity contribution in [1.29, 1.82) is 0 Å². The molecule has 42 heavy (non-hydrogen) atoms. The van der Waals surface area contributed by atoms with E-state index in [9.17, 15) is 17.6 Å². The highest BCUT2D eigenvalue weighted by Crippen LogP contribution is 2.44. The molecule has 1 aliphatic carbocycles. The number of hydrogen-bond acceptors (Lipinski definition) is 4. The fraction of sp³-hybridized carbons (Fsp3) is 0.206. The highest BCUT2D eigenvalue weighted by molar-refractivity contribution is 7.98. The molecule has 0 bridgehead atoms. The number of likely N-dealkylation sites (N-methyl/N-ethyl adjacent to an activating group) is 2. The second-order valence-corrected chi connectivity index (χ2v) is 13.3. The van der Waals surface area contributed by atoms with Crippen LogP contribution in [0.4, 0.5) is 4.39 Å². The third-order valence-corrected chi connectivity index (χ3v) is 10.5. The van der Waals surface area contributed by atoms with Gasteiger partial charge in [0, 0.05) is 37.5 Å². The first-order valence-corrected chi connectivity index (χ1v) is 16.3. The van der Waals surface area contributed by atoms with Gasteiger partial charge in [-0.25, -0.2) is 12.8 Å². The second kappa shape index (κ2) is 12.3. The molecule has 5 nitrogen and oxygen atoms in total. The molecular weight excluding hydrogens is 568 g/mol. The van der Waals surface area contributed by atoms with Crippen molar-refractivity contribution in [3.8, 4) is 0 Å². The third-order valence-electron chi connectivity index (χ3n) is 7.82. The molecule has 0 heterocycles. The summed E-state index contributed by atoms with van der Waals surface area (Å²) in [5.74, 6) is -0.521. The number of allylic oxidation sites excluding steroid dienone is 2. The summed E-state index contributed by atoms with van der Waals surface area (Å²) in [4.78, 5) is 16.3. The van der Waals surface area contributed by atoms with E-state index in [1.54, 1.807) is 43.1 Å². The van der Waals surface area contributed by atoms with Gasteiger partial charge in [-0.15, -0.1) is 11.8 Å². The molecule has 0 unspecified atom stereocenters. The zero-order chi connectivity index (χ0) is 30.0. The van der Waals surface area contributed by atoms with Crippen LogP contribution in [-0.4, -0.2) is 57.0 Å². The minimum absolute atomic E-state index is 0.0846. The molecule has 0 atom stereocenters. The number of nitrogens with zero attached hydrogens (tertiary/aromatic N) is 2. The fourth-order valence-electron chi connectivity index (χ4n) is 5.26. The summed E-state index contributed by atoms with van der Waals surface area (Å²) in [6.45, 7) is 2.31. The maximum Gasteiger partial charge on any atom is 0.243 e. The molecule has 0 spiro atoms. The van der Waals surface area contributed by atoms with Gasteiger partial charge in [0.2, 0.25) is 15.9 Å². The summed E-state index contributed by atoms with van der Waals surface area (Å²) in [7, 11) is -0.571. The lowest BCUT2D eigenvalue weighted by atomic mass is 10.0. The normalized spacial score (nSPS) is 14.2. The van der Waals surface area contributed by atoms with Crippen LogP contribution in [0.2, 0.25) is 0 Å². The lowest BCUT2D eigenvalue weighted by Gasteiger charge is -2.23.